The van der Waals surface area contributed by atoms with Crippen LogP contribution in [0.4, 0.5) is 17.6 Å². The lowest BCUT2D eigenvalue weighted by Crippen LogP contribution is -2.50. The van der Waals surface area contributed by atoms with Crippen LogP contribution in [0.1, 0.15) is 11.1 Å². The predicted molar refractivity (Wildman–Crippen MR) is 96.9 cm³/mol. The van der Waals surface area contributed by atoms with Gasteiger partial charge in [0.1, 0.15) is 5.82 Å². The van der Waals surface area contributed by atoms with Crippen molar-refractivity contribution in [1.82, 2.24) is 9.21 Å². The van der Waals surface area contributed by atoms with Crippen LogP contribution in [0.15, 0.2) is 53.4 Å². The van der Waals surface area contributed by atoms with Crippen LogP contribution < -0.4 is 0 Å². The van der Waals surface area contributed by atoms with E-state index in [1.54, 1.807) is 6.07 Å². The second-order valence-corrected chi connectivity index (χ2v) is 8.55. The molecule has 0 saturated carbocycles. The lowest BCUT2D eigenvalue weighted by atomic mass is 10.1. The monoisotopic (exact) mass is 430 g/mol. The molecule has 0 N–H and O–H groups in total. The van der Waals surface area contributed by atoms with Crippen LogP contribution in [0.25, 0.3) is 0 Å². The van der Waals surface area contributed by atoms with Crippen molar-refractivity contribution >= 4 is 15.9 Å². The van der Waals surface area contributed by atoms with Gasteiger partial charge >= 0.3 is 6.18 Å². The van der Waals surface area contributed by atoms with Gasteiger partial charge in [-0.25, -0.2) is 12.8 Å². The fourth-order valence-corrected chi connectivity index (χ4v) is 4.50. The molecule has 0 spiro atoms. The maximum absolute atomic E-state index is 13.2. The van der Waals surface area contributed by atoms with E-state index < -0.39 is 27.6 Å². The van der Waals surface area contributed by atoms with Gasteiger partial charge in [0.25, 0.3) is 0 Å². The zero-order valence-corrected chi connectivity index (χ0v) is 16.0. The standard InChI is InChI=1S/C19H18F4N2O3S/c20-16-3-1-2-14(12-16)13-18(26)24-8-10-25(11-9-24)29(27,28)17-6-4-15(5-7-17)19(21,22)23/h1-7,12H,8-11,13H2. The number of nitrogens with zero attached hydrogens (tertiary/aromatic N) is 2. The maximum Gasteiger partial charge on any atom is 0.416 e. The van der Waals surface area contributed by atoms with Crippen LogP contribution in [0.5, 0.6) is 0 Å². The second kappa shape index (κ2) is 8.11. The van der Waals surface area contributed by atoms with Crippen molar-refractivity contribution in [2.24, 2.45) is 0 Å². The minimum atomic E-state index is -4.55. The minimum absolute atomic E-state index is 0.00339. The molecule has 10 heteroatoms. The minimum Gasteiger partial charge on any atom is -0.340 e. The fraction of sp³-hybridized carbons (Fsp3) is 0.316. The summed E-state index contributed by atoms with van der Waals surface area (Å²) in [4.78, 5) is 13.6. The molecule has 156 valence electrons. The molecule has 2 aromatic carbocycles. The van der Waals surface area contributed by atoms with Crippen LogP contribution in [-0.2, 0) is 27.4 Å². The fourth-order valence-electron chi connectivity index (χ4n) is 3.08. The first-order chi connectivity index (χ1) is 13.6. The summed E-state index contributed by atoms with van der Waals surface area (Å²) < 4.78 is 77.6. The number of benzene rings is 2. The zero-order valence-electron chi connectivity index (χ0n) is 15.2. The normalized spacial score (nSPS) is 16.1. The molecule has 1 fully saturated rings. The number of carbonyl (C=O) groups is 1. The molecule has 0 unspecified atom stereocenters. The Bertz CT molecular complexity index is 983. The van der Waals surface area contributed by atoms with Crippen molar-refractivity contribution < 1.29 is 30.8 Å². The van der Waals surface area contributed by atoms with Gasteiger partial charge in [-0.05, 0) is 42.0 Å². The average molecular weight is 430 g/mol. The summed E-state index contributed by atoms with van der Waals surface area (Å²) in [6, 6.07) is 9.00. The van der Waals surface area contributed by atoms with Crippen LogP contribution in [0.2, 0.25) is 0 Å². The van der Waals surface area contributed by atoms with Crippen LogP contribution >= 0.6 is 0 Å². The van der Waals surface area contributed by atoms with Gasteiger partial charge in [-0.15, -0.1) is 0 Å². The van der Waals surface area contributed by atoms with E-state index in [9.17, 15) is 30.8 Å². The highest BCUT2D eigenvalue weighted by Gasteiger charge is 2.33. The molecule has 1 aliphatic rings. The van der Waals surface area contributed by atoms with Gasteiger partial charge in [0.15, 0.2) is 0 Å². The topological polar surface area (TPSA) is 57.7 Å². The molecule has 1 heterocycles. The summed E-state index contributed by atoms with van der Waals surface area (Å²) in [7, 11) is -3.96. The molecule has 1 amide bonds. The number of sulfonamides is 1. The molecule has 0 bridgehead atoms. The first-order valence-corrected chi connectivity index (χ1v) is 10.2. The summed E-state index contributed by atoms with van der Waals surface area (Å²) in [6.45, 7) is 0.346. The Morgan fingerprint density at radius 1 is 0.966 bits per heavy atom. The van der Waals surface area contributed by atoms with Crippen molar-refractivity contribution in [2.45, 2.75) is 17.5 Å². The Hall–Kier alpha value is -2.46. The second-order valence-electron chi connectivity index (χ2n) is 6.61. The van der Waals surface area contributed by atoms with E-state index in [0.29, 0.717) is 5.56 Å². The van der Waals surface area contributed by atoms with E-state index in [1.165, 1.54) is 23.1 Å². The van der Waals surface area contributed by atoms with Gasteiger partial charge in [-0.3, -0.25) is 4.79 Å². The Morgan fingerprint density at radius 3 is 2.14 bits per heavy atom. The van der Waals surface area contributed by atoms with Crippen LogP contribution in [0.3, 0.4) is 0 Å². The molecule has 1 saturated heterocycles. The summed E-state index contributed by atoms with van der Waals surface area (Å²) in [5.41, 5.74) is -0.404. The highest BCUT2D eigenvalue weighted by atomic mass is 32.2. The highest BCUT2D eigenvalue weighted by molar-refractivity contribution is 7.89. The number of piperazine rings is 1. The lowest BCUT2D eigenvalue weighted by Gasteiger charge is -2.34. The lowest BCUT2D eigenvalue weighted by molar-refractivity contribution is -0.137. The van der Waals surface area contributed by atoms with Crippen molar-refractivity contribution in [2.75, 3.05) is 26.2 Å². The Kier molecular flexibility index (Phi) is 5.95. The molecular weight excluding hydrogens is 412 g/mol. The summed E-state index contributed by atoms with van der Waals surface area (Å²) in [5.74, 6) is -0.690. The number of hydrogen-bond acceptors (Lipinski definition) is 3. The first-order valence-electron chi connectivity index (χ1n) is 8.77. The average Bonchev–Trinajstić information content (AvgIpc) is 2.67. The van der Waals surface area contributed by atoms with E-state index in [0.717, 1.165) is 28.6 Å². The number of amides is 1. The quantitative estimate of drug-likeness (QED) is 0.701. The van der Waals surface area contributed by atoms with Crippen LogP contribution in [-0.4, -0.2) is 49.7 Å². The Morgan fingerprint density at radius 2 is 1.59 bits per heavy atom. The number of alkyl halides is 3. The van der Waals surface area contributed by atoms with Crippen molar-refractivity contribution in [3.63, 3.8) is 0 Å². The Balaban J connectivity index is 1.62. The third-order valence-corrected chi connectivity index (χ3v) is 6.57. The van der Waals surface area contributed by atoms with E-state index in [2.05, 4.69) is 0 Å². The number of hydrogen-bond donors (Lipinski definition) is 0. The van der Waals surface area contributed by atoms with Gasteiger partial charge in [-0.1, -0.05) is 12.1 Å². The third kappa shape index (κ3) is 4.94. The Labute approximate surface area is 165 Å². The van der Waals surface area contributed by atoms with Gasteiger partial charge in [0, 0.05) is 26.2 Å². The van der Waals surface area contributed by atoms with Gasteiger partial charge in [0.05, 0.1) is 16.9 Å². The van der Waals surface area contributed by atoms with E-state index >= 15 is 0 Å². The van der Waals surface area contributed by atoms with Gasteiger partial charge < -0.3 is 4.90 Å². The SMILES string of the molecule is O=C(Cc1cccc(F)c1)N1CCN(S(=O)(=O)c2ccc(C(F)(F)F)cc2)CC1. The van der Waals surface area contributed by atoms with Crippen molar-refractivity contribution in [3.05, 3.63) is 65.5 Å². The molecule has 5 nitrogen and oxygen atoms in total. The number of carbonyl (C=O) groups excluding carboxylic acids is 1. The number of rotatable bonds is 4. The zero-order chi connectivity index (χ0) is 21.2. The molecule has 1 aliphatic heterocycles. The molecule has 0 radical (unpaired) electrons. The molecule has 0 aromatic heterocycles. The summed E-state index contributed by atoms with van der Waals surface area (Å²) >= 11 is 0. The highest BCUT2D eigenvalue weighted by Crippen LogP contribution is 2.30. The van der Waals surface area contributed by atoms with Gasteiger partial charge in [-0.2, -0.15) is 17.5 Å². The smallest absolute Gasteiger partial charge is 0.340 e. The van der Waals surface area contributed by atoms with E-state index in [4.69, 9.17) is 0 Å². The van der Waals surface area contributed by atoms with Crippen molar-refractivity contribution in [3.8, 4) is 0 Å². The van der Waals surface area contributed by atoms with E-state index in [-0.39, 0.29) is 43.4 Å². The number of halogens is 4. The van der Waals surface area contributed by atoms with E-state index in [1.807, 2.05) is 0 Å². The predicted octanol–water partition coefficient (Wildman–Crippen LogP) is 2.92. The van der Waals surface area contributed by atoms with Crippen molar-refractivity contribution in [1.29, 1.82) is 0 Å². The maximum atomic E-state index is 13.2. The third-order valence-electron chi connectivity index (χ3n) is 4.66. The molecule has 3 rings (SSSR count). The first kappa shape index (κ1) is 21.3. The largest absolute Gasteiger partial charge is 0.416 e. The molecule has 0 aliphatic carbocycles. The van der Waals surface area contributed by atoms with Gasteiger partial charge in [0.2, 0.25) is 15.9 Å². The molecule has 29 heavy (non-hydrogen) atoms. The molecule has 2 aromatic rings. The van der Waals surface area contributed by atoms with Crippen LogP contribution in [0, 0.1) is 5.82 Å². The summed E-state index contributed by atoms with van der Waals surface area (Å²) in [5, 5.41) is 0. The summed E-state index contributed by atoms with van der Waals surface area (Å²) in [6.07, 6.45) is -4.54. The molecular formula is C19H18F4N2O3S. The molecule has 0 atom stereocenters.